The van der Waals surface area contributed by atoms with Crippen LogP contribution < -0.4 is 9.92 Å². The topological polar surface area (TPSA) is 9.23 Å². The number of hydrogen-bond acceptors (Lipinski definition) is 1. The molecule has 0 N–H and O–H groups in total. The van der Waals surface area contributed by atoms with Gasteiger partial charge in [0.15, 0.2) is 0 Å². The number of rotatable bonds is 4. The third-order valence-electron chi connectivity index (χ3n) is 3.36. The first-order valence-corrected chi connectivity index (χ1v) is 10.2. The van der Waals surface area contributed by atoms with Crippen LogP contribution >= 0.6 is 0 Å². The quantitative estimate of drug-likeness (QED) is 0.767. The normalized spacial score (nSPS) is 11.4. The fraction of sp³-hybridized carbons (Fsp3) is 0.294. The van der Waals surface area contributed by atoms with E-state index in [4.69, 9.17) is 4.74 Å². The number of hydrogen-bond donors (Lipinski definition) is 0. The minimum Gasteiger partial charge on any atom is -0.497 e. The average Bonchev–Trinajstić information content (AvgIpc) is 2.39. The Morgan fingerprint density at radius 3 is 2.16 bits per heavy atom. The highest BCUT2D eigenvalue weighted by molar-refractivity contribution is 6.88. The van der Waals surface area contributed by atoms with Crippen LogP contribution in [0, 0.1) is 0 Å². The second-order valence-corrected chi connectivity index (χ2v) is 11.1. The predicted molar refractivity (Wildman–Crippen MR) is 85.2 cm³/mol. The maximum Gasteiger partial charge on any atom is 0.118 e. The van der Waals surface area contributed by atoms with E-state index in [9.17, 15) is 0 Å². The van der Waals surface area contributed by atoms with Crippen LogP contribution in [-0.2, 0) is 6.42 Å². The Labute approximate surface area is 117 Å². The van der Waals surface area contributed by atoms with Gasteiger partial charge in [-0.2, -0.15) is 0 Å². The van der Waals surface area contributed by atoms with Crippen LogP contribution in [-0.4, -0.2) is 15.2 Å². The van der Waals surface area contributed by atoms with Crippen molar-refractivity contribution in [2.45, 2.75) is 26.1 Å². The van der Waals surface area contributed by atoms with Crippen LogP contribution in [0.5, 0.6) is 5.75 Å². The van der Waals surface area contributed by atoms with Gasteiger partial charge in [-0.05, 0) is 29.7 Å². The molecular weight excluding hydrogens is 248 g/mol. The summed E-state index contributed by atoms with van der Waals surface area (Å²) in [6.45, 7) is 7.17. The molecule has 0 aliphatic rings. The van der Waals surface area contributed by atoms with Crippen LogP contribution in [0.2, 0.25) is 19.6 Å². The van der Waals surface area contributed by atoms with Crippen LogP contribution in [0.15, 0.2) is 48.5 Å². The summed E-state index contributed by atoms with van der Waals surface area (Å²) in [6.07, 6.45) is 0.988. The molecule has 0 saturated heterocycles. The summed E-state index contributed by atoms with van der Waals surface area (Å²) < 4.78 is 5.19. The molecule has 2 rings (SSSR count). The molecule has 0 fully saturated rings. The third kappa shape index (κ3) is 3.71. The standard InChI is InChI=1S/C17H22OSi/c1-18-16-10-8-14(9-11-16)12-15-6-5-7-17(13-15)19(2,3)4/h5-11,13H,12H2,1-4H3. The molecule has 0 radical (unpaired) electrons. The van der Waals surface area contributed by atoms with E-state index in [0.29, 0.717) is 0 Å². The second kappa shape index (κ2) is 5.62. The Kier molecular flexibility index (Phi) is 4.10. The van der Waals surface area contributed by atoms with E-state index < -0.39 is 8.07 Å². The summed E-state index contributed by atoms with van der Waals surface area (Å²) in [5.74, 6) is 0.916. The molecule has 1 nitrogen and oxygen atoms in total. The predicted octanol–water partition coefficient (Wildman–Crippen LogP) is 3.83. The molecule has 0 saturated carbocycles. The molecule has 0 unspecified atom stereocenters. The zero-order valence-electron chi connectivity index (χ0n) is 12.2. The van der Waals surface area contributed by atoms with Crippen molar-refractivity contribution >= 4 is 13.3 Å². The minimum atomic E-state index is -1.22. The molecule has 0 aliphatic heterocycles. The second-order valence-electron chi connectivity index (χ2n) is 5.98. The van der Waals surface area contributed by atoms with Gasteiger partial charge in [0.25, 0.3) is 0 Å². The zero-order valence-corrected chi connectivity index (χ0v) is 13.2. The van der Waals surface area contributed by atoms with Gasteiger partial charge in [-0.15, -0.1) is 0 Å². The van der Waals surface area contributed by atoms with Crippen molar-refractivity contribution in [3.05, 3.63) is 59.7 Å². The van der Waals surface area contributed by atoms with E-state index in [1.54, 1.807) is 7.11 Å². The van der Waals surface area contributed by atoms with Gasteiger partial charge in [0.2, 0.25) is 0 Å². The van der Waals surface area contributed by atoms with Crippen molar-refractivity contribution in [3.63, 3.8) is 0 Å². The Hall–Kier alpha value is -1.54. The van der Waals surface area contributed by atoms with Gasteiger partial charge in [0, 0.05) is 0 Å². The van der Waals surface area contributed by atoms with Crippen molar-refractivity contribution in [3.8, 4) is 5.75 Å². The van der Waals surface area contributed by atoms with Crippen molar-refractivity contribution in [2.24, 2.45) is 0 Å². The van der Waals surface area contributed by atoms with E-state index in [2.05, 4.69) is 56.0 Å². The highest BCUT2D eigenvalue weighted by Crippen LogP contribution is 2.15. The lowest BCUT2D eigenvalue weighted by Gasteiger charge is -2.17. The van der Waals surface area contributed by atoms with Gasteiger partial charge in [-0.3, -0.25) is 0 Å². The lowest BCUT2D eigenvalue weighted by molar-refractivity contribution is 0.414. The molecule has 19 heavy (non-hydrogen) atoms. The fourth-order valence-corrected chi connectivity index (χ4v) is 3.34. The van der Waals surface area contributed by atoms with E-state index in [1.165, 1.54) is 16.3 Å². The Bertz CT molecular complexity index is 538. The maximum absolute atomic E-state index is 5.19. The first-order chi connectivity index (χ1) is 8.99. The molecule has 0 amide bonds. The summed E-state index contributed by atoms with van der Waals surface area (Å²) in [7, 11) is 0.484. The molecule has 2 heteroatoms. The molecule has 0 aliphatic carbocycles. The van der Waals surface area contributed by atoms with Gasteiger partial charge in [-0.1, -0.05) is 61.2 Å². The highest BCUT2D eigenvalue weighted by atomic mass is 28.3. The first kappa shape index (κ1) is 13.9. The summed E-state index contributed by atoms with van der Waals surface area (Å²) in [5.41, 5.74) is 2.72. The molecule has 0 aromatic heterocycles. The number of ether oxygens (including phenoxy) is 1. The Morgan fingerprint density at radius 2 is 1.58 bits per heavy atom. The van der Waals surface area contributed by atoms with E-state index in [0.717, 1.165) is 12.2 Å². The molecule has 0 spiro atoms. The van der Waals surface area contributed by atoms with Gasteiger partial charge in [0.05, 0.1) is 15.2 Å². The van der Waals surface area contributed by atoms with Crippen LogP contribution in [0.25, 0.3) is 0 Å². The van der Waals surface area contributed by atoms with Crippen LogP contribution in [0.1, 0.15) is 11.1 Å². The van der Waals surface area contributed by atoms with Gasteiger partial charge in [-0.25, -0.2) is 0 Å². The molecule has 0 bridgehead atoms. The van der Waals surface area contributed by atoms with Gasteiger partial charge >= 0.3 is 0 Å². The summed E-state index contributed by atoms with van der Waals surface area (Å²) >= 11 is 0. The van der Waals surface area contributed by atoms with Crippen molar-refractivity contribution in [2.75, 3.05) is 7.11 Å². The highest BCUT2D eigenvalue weighted by Gasteiger charge is 2.16. The van der Waals surface area contributed by atoms with E-state index in [-0.39, 0.29) is 0 Å². The average molecular weight is 270 g/mol. The smallest absolute Gasteiger partial charge is 0.118 e. The van der Waals surface area contributed by atoms with Crippen molar-refractivity contribution in [1.29, 1.82) is 0 Å². The van der Waals surface area contributed by atoms with E-state index >= 15 is 0 Å². The van der Waals surface area contributed by atoms with E-state index in [1.807, 2.05) is 12.1 Å². The molecule has 0 heterocycles. The minimum absolute atomic E-state index is 0.916. The molecular formula is C17H22OSi. The Balaban J connectivity index is 2.18. The molecule has 100 valence electrons. The fourth-order valence-electron chi connectivity index (χ4n) is 2.13. The first-order valence-electron chi connectivity index (χ1n) is 6.71. The van der Waals surface area contributed by atoms with Gasteiger partial charge in [0.1, 0.15) is 5.75 Å². The van der Waals surface area contributed by atoms with Gasteiger partial charge < -0.3 is 4.74 Å². The summed E-state index contributed by atoms with van der Waals surface area (Å²) in [4.78, 5) is 0. The van der Waals surface area contributed by atoms with Crippen molar-refractivity contribution < 1.29 is 4.74 Å². The number of methoxy groups -OCH3 is 1. The lowest BCUT2D eigenvalue weighted by atomic mass is 10.1. The van der Waals surface area contributed by atoms with Crippen molar-refractivity contribution in [1.82, 2.24) is 0 Å². The molecule has 2 aromatic rings. The molecule has 0 atom stereocenters. The SMILES string of the molecule is COc1ccc(Cc2cccc([Si](C)(C)C)c2)cc1. The largest absolute Gasteiger partial charge is 0.497 e. The maximum atomic E-state index is 5.19. The lowest BCUT2D eigenvalue weighted by Crippen LogP contribution is -2.37. The summed E-state index contributed by atoms with van der Waals surface area (Å²) in [5, 5.41) is 1.53. The third-order valence-corrected chi connectivity index (χ3v) is 5.40. The Morgan fingerprint density at radius 1 is 0.895 bits per heavy atom. The zero-order chi connectivity index (χ0) is 13.9. The summed E-state index contributed by atoms with van der Waals surface area (Å²) in [6, 6.07) is 17.4. The van der Waals surface area contributed by atoms with Crippen LogP contribution in [0.3, 0.4) is 0 Å². The number of benzene rings is 2. The monoisotopic (exact) mass is 270 g/mol. The van der Waals surface area contributed by atoms with Crippen LogP contribution in [0.4, 0.5) is 0 Å². The molecule has 2 aromatic carbocycles.